The summed E-state index contributed by atoms with van der Waals surface area (Å²) in [7, 11) is 0. The third-order valence-corrected chi connectivity index (χ3v) is 4.61. The van der Waals surface area contributed by atoms with Crippen LogP contribution in [0.5, 0.6) is 0 Å². The summed E-state index contributed by atoms with van der Waals surface area (Å²) < 4.78 is 0. The van der Waals surface area contributed by atoms with Crippen molar-refractivity contribution in [1.82, 2.24) is 0 Å². The molecular weight excluding hydrogens is 216 g/mol. The number of hydrogen-bond donors (Lipinski definition) is 0. The van der Waals surface area contributed by atoms with Crippen molar-refractivity contribution in [1.29, 1.82) is 0 Å². The highest BCUT2D eigenvalue weighted by molar-refractivity contribution is 4.72. The van der Waals surface area contributed by atoms with E-state index in [2.05, 4.69) is 41.5 Å². The average molecular weight is 255 g/mol. The van der Waals surface area contributed by atoms with Crippen LogP contribution in [0.25, 0.3) is 0 Å². The Hall–Kier alpha value is 0. The van der Waals surface area contributed by atoms with Gasteiger partial charge in [0.25, 0.3) is 0 Å². The minimum atomic E-state index is 0.875. The zero-order valence-electron chi connectivity index (χ0n) is 14.0. The van der Waals surface area contributed by atoms with Crippen molar-refractivity contribution in [2.45, 2.75) is 92.9 Å². The monoisotopic (exact) mass is 254 g/mol. The zero-order valence-corrected chi connectivity index (χ0v) is 14.0. The van der Waals surface area contributed by atoms with E-state index in [1.165, 1.54) is 51.4 Å². The van der Waals surface area contributed by atoms with Gasteiger partial charge in [-0.25, -0.2) is 0 Å². The predicted octanol–water partition coefficient (Wildman–Crippen LogP) is 6.69. The molecule has 0 heterocycles. The van der Waals surface area contributed by atoms with E-state index in [-0.39, 0.29) is 0 Å². The molecule has 0 amide bonds. The van der Waals surface area contributed by atoms with Gasteiger partial charge < -0.3 is 0 Å². The van der Waals surface area contributed by atoms with Crippen LogP contribution in [0.1, 0.15) is 92.9 Å². The lowest BCUT2D eigenvalue weighted by Gasteiger charge is -2.28. The SMILES string of the molecule is CCCC(CC)C(CCCC(C)C)CC(C)CC. The van der Waals surface area contributed by atoms with Gasteiger partial charge >= 0.3 is 0 Å². The summed E-state index contributed by atoms with van der Waals surface area (Å²) in [5.74, 6) is 3.76. The molecule has 0 aromatic carbocycles. The van der Waals surface area contributed by atoms with Crippen LogP contribution in [-0.2, 0) is 0 Å². The van der Waals surface area contributed by atoms with Crippen LogP contribution in [-0.4, -0.2) is 0 Å². The van der Waals surface area contributed by atoms with Crippen molar-refractivity contribution in [2.75, 3.05) is 0 Å². The number of hydrogen-bond acceptors (Lipinski definition) is 0. The minimum Gasteiger partial charge on any atom is -0.0654 e. The van der Waals surface area contributed by atoms with Crippen LogP contribution < -0.4 is 0 Å². The summed E-state index contributed by atoms with van der Waals surface area (Å²) >= 11 is 0. The molecule has 0 aromatic rings. The van der Waals surface area contributed by atoms with Gasteiger partial charge in [0.2, 0.25) is 0 Å². The molecule has 18 heavy (non-hydrogen) atoms. The maximum Gasteiger partial charge on any atom is -0.0383 e. The fourth-order valence-corrected chi connectivity index (χ4v) is 3.16. The molecule has 0 N–H and O–H groups in total. The van der Waals surface area contributed by atoms with Gasteiger partial charge in [-0.05, 0) is 30.1 Å². The van der Waals surface area contributed by atoms with Crippen molar-refractivity contribution in [3.05, 3.63) is 0 Å². The van der Waals surface area contributed by atoms with E-state index in [1.807, 2.05) is 0 Å². The first-order valence-corrected chi connectivity index (χ1v) is 8.54. The zero-order chi connectivity index (χ0) is 14.0. The molecule has 0 spiro atoms. The van der Waals surface area contributed by atoms with E-state index in [9.17, 15) is 0 Å². The third kappa shape index (κ3) is 8.16. The molecule has 110 valence electrons. The van der Waals surface area contributed by atoms with Crippen LogP contribution in [0.15, 0.2) is 0 Å². The molecule has 0 fully saturated rings. The first kappa shape index (κ1) is 18.0. The first-order valence-electron chi connectivity index (χ1n) is 8.54. The Morgan fingerprint density at radius 2 is 1.39 bits per heavy atom. The van der Waals surface area contributed by atoms with E-state index in [0.717, 1.165) is 23.7 Å². The van der Waals surface area contributed by atoms with E-state index in [0.29, 0.717) is 0 Å². The third-order valence-electron chi connectivity index (χ3n) is 4.61. The lowest BCUT2D eigenvalue weighted by molar-refractivity contribution is 0.227. The lowest BCUT2D eigenvalue weighted by Crippen LogP contribution is -2.17. The standard InChI is InChI=1S/C18H38/c1-7-11-17(9-3)18(14-16(6)8-2)13-10-12-15(4)5/h15-18H,7-14H2,1-6H3. The maximum atomic E-state index is 2.44. The van der Waals surface area contributed by atoms with Crippen molar-refractivity contribution in [2.24, 2.45) is 23.7 Å². The molecule has 0 aliphatic rings. The molecule has 0 rings (SSSR count). The van der Waals surface area contributed by atoms with Gasteiger partial charge in [-0.1, -0.05) is 86.5 Å². The Kier molecular flexibility index (Phi) is 10.9. The molecular formula is C18H38. The maximum absolute atomic E-state index is 2.44. The highest BCUT2D eigenvalue weighted by atomic mass is 14.3. The predicted molar refractivity (Wildman–Crippen MR) is 84.9 cm³/mol. The molecule has 3 atom stereocenters. The molecule has 0 saturated heterocycles. The smallest absolute Gasteiger partial charge is 0.0383 e. The van der Waals surface area contributed by atoms with E-state index in [4.69, 9.17) is 0 Å². The Labute approximate surface area is 117 Å². The Morgan fingerprint density at radius 3 is 1.83 bits per heavy atom. The summed E-state index contributed by atoms with van der Waals surface area (Å²) in [6, 6.07) is 0. The molecule has 3 unspecified atom stereocenters. The molecule has 0 nitrogen and oxygen atoms in total. The second-order valence-corrected chi connectivity index (χ2v) is 6.79. The van der Waals surface area contributed by atoms with Gasteiger partial charge in [0.05, 0.1) is 0 Å². The van der Waals surface area contributed by atoms with Crippen molar-refractivity contribution < 1.29 is 0 Å². The highest BCUT2D eigenvalue weighted by Crippen LogP contribution is 2.32. The lowest BCUT2D eigenvalue weighted by atomic mass is 9.77. The van der Waals surface area contributed by atoms with Gasteiger partial charge in [-0.15, -0.1) is 0 Å². The van der Waals surface area contributed by atoms with Gasteiger partial charge in [-0.3, -0.25) is 0 Å². The van der Waals surface area contributed by atoms with Gasteiger partial charge in [-0.2, -0.15) is 0 Å². The van der Waals surface area contributed by atoms with Crippen LogP contribution in [0.2, 0.25) is 0 Å². The fourth-order valence-electron chi connectivity index (χ4n) is 3.16. The molecule has 0 aliphatic heterocycles. The first-order chi connectivity index (χ1) is 8.54. The molecule has 0 bridgehead atoms. The van der Waals surface area contributed by atoms with Crippen molar-refractivity contribution in [3.8, 4) is 0 Å². The second-order valence-electron chi connectivity index (χ2n) is 6.79. The van der Waals surface area contributed by atoms with Crippen molar-refractivity contribution >= 4 is 0 Å². The van der Waals surface area contributed by atoms with E-state index >= 15 is 0 Å². The topological polar surface area (TPSA) is 0 Å². The van der Waals surface area contributed by atoms with Gasteiger partial charge in [0.15, 0.2) is 0 Å². The Bertz CT molecular complexity index is 171. The average Bonchev–Trinajstić information content (AvgIpc) is 2.34. The quantitative estimate of drug-likeness (QED) is 0.385. The van der Waals surface area contributed by atoms with E-state index < -0.39 is 0 Å². The Morgan fingerprint density at radius 1 is 0.722 bits per heavy atom. The summed E-state index contributed by atoms with van der Waals surface area (Å²) in [5.41, 5.74) is 0. The van der Waals surface area contributed by atoms with Gasteiger partial charge in [0.1, 0.15) is 0 Å². The van der Waals surface area contributed by atoms with Crippen molar-refractivity contribution in [3.63, 3.8) is 0 Å². The summed E-state index contributed by atoms with van der Waals surface area (Å²) in [6.07, 6.45) is 11.3. The molecule has 0 aliphatic carbocycles. The second kappa shape index (κ2) is 10.9. The largest absolute Gasteiger partial charge is 0.0654 e. The van der Waals surface area contributed by atoms with Crippen LogP contribution in [0.4, 0.5) is 0 Å². The molecule has 0 heteroatoms. The highest BCUT2D eigenvalue weighted by Gasteiger charge is 2.20. The normalized spacial score (nSPS) is 16.8. The molecule has 0 radical (unpaired) electrons. The molecule has 0 aromatic heterocycles. The Balaban J connectivity index is 4.29. The van der Waals surface area contributed by atoms with Crippen LogP contribution in [0, 0.1) is 23.7 Å². The summed E-state index contributed by atoms with van der Waals surface area (Å²) in [5, 5.41) is 0. The molecule has 0 saturated carbocycles. The minimum absolute atomic E-state index is 0.875. The summed E-state index contributed by atoms with van der Waals surface area (Å²) in [6.45, 7) is 14.2. The fraction of sp³-hybridized carbons (Fsp3) is 1.00. The van der Waals surface area contributed by atoms with E-state index in [1.54, 1.807) is 0 Å². The van der Waals surface area contributed by atoms with Crippen LogP contribution in [0.3, 0.4) is 0 Å². The number of rotatable bonds is 11. The summed E-state index contributed by atoms with van der Waals surface area (Å²) in [4.78, 5) is 0. The van der Waals surface area contributed by atoms with Gasteiger partial charge in [0, 0.05) is 0 Å². The van der Waals surface area contributed by atoms with Crippen LogP contribution >= 0.6 is 0 Å².